The number of carbonyl (C=O) groups is 1. The highest BCUT2D eigenvalue weighted by Gasteiger charge is 2.38. The molecule has 1 aliphatic rings. The van der Waals surface area contributed by atoms with Gasteiger partial charge in [0.2, 0.25) is 0 Å². The predicted octanol–water partition coefficient (Wildman–Crippen LogP) is 2.11. The van der Waals surface area contributed by atoms with Crippen LogP contribution in [-0.4, -0.2) is 34.4 Å². The third-order valence-electron chi connectivity index (χ3n) is 3.40. The zero-order valence-corrected chi connectivity index (χ0v) is 12.9. The van der Waals surface area contributed by atoms with Gasteiger partial charge in [-0.1, -0.05) is 0 Å². The van der Waals surface area contributed by atoms with Gasteiger partial charge < -0.3 is 4.74 Å². The summed E-state index contributed by atoms with van der Waals surface area (Å²) in [5, 5.41) is 7.60. The van der Waals surface area contributed by atoms with E-state index in [1.807, 2.05) is 17.8 Å². The van der Waals surface area contributed by atoms with E-state index < -0.39 is 5.54 Å². The molecule has 1 aromatic rings. The maximum atomic E-state index is 11.9. The minimum absolute atomic E-state index is 0.180. The molecule has 0 saturated heterocycles. The summed E-state index contributed by atoms with van der Waals surface area (Å²) in [4.78, 5) is 11.9. The fourth-order valence-corrected chi connectivity index (χ4v) is 2.52. The Bertz CT molecular complexity index is 445. The number of hydrogen-bond acceptors (Lipinski definition) is 4. The van der Waals surface area contributed by atoms with Crippen molar-refractivity contribution < 1.29 is 9.53 Å². The molecule has 1 fully saturated rings. The van der Waals surface area contributed by atoms with Crippen molar-refractivity contribution in [2.75, 3.05) is 7.11 Å². The Kier molecular flexibility index (Phi) is 4.62. The maximum absolute atomic E-state index is 11.9. The van der Waals surface area contributed by atoms with Crippen LogP contribution in [0.4, 0.5) is 0 Å². The van der Waals surface area contributed by atoms with Gasteiger partial charge in [-0.25, -0.2) is 0 Å². The lowest BCUT2D eigenvalue weighted by atomic mass is 9.95. The number of halogens is 1. The first-order chi connectivity index (χ1) is 9.03. The number of hydrogen-bond donors (Lipinski definition) is 1. The summed E-state index contributed by atoms with van der Waals surface area (Å²) in [6.07, 6.45) is 7.62. The van der Waals surface area contributed by atoms with Crippen LogP contribution in [0.15, 0.2) is 16.9 Å². The summed E-state index contributed by atoms with van der Waals surface area (Å²) >= 11 is 3.37. The van der Waals surface area contributed by atoms with Crippen LogP contribution in [0.1, 0.15) is 32.6 Å². The van der Waals surface area contributed by atoms with E-state index >= 15 is 0 Å². The molecule has 1 saturated carbocycles. The van der Waals surface area contributed by atoms with Gasteiger partial charge in [0.1, 0.15) is 5.54 Å². The molecule has 2 rings (SSSR count). The first kappa shape index (κ1) is 14.5. The van der Waals surface area contributed by atoms with E-state index in [4.69, 9.17) is 4.74 Å². The zero-order valence-electron chi connectivity index (χ0n) is 11.4. The van der Waals surface area contributed by atoms with Crippen LogP contribution < -0.4 is 5.32 Å². The average molecular weight is 330 g/mol. The number of carbonyl (C=O) groups excluding carboxylic acids is 1. The molecule has 1 unspecified atom stereocenters. The van der Waals surface area contributed by atoms with Gasteiger partial charge in [0.05, 0.1) is 17.8 Å². The molecule has 0 aromatic carbocycles. The number of aryl methyl sites for hydroxylation is 1. The molecule has 1 N–H and O–H groups in total. The van der Waals surface area contributed by atoms with Crippen LogP contribution in [0.5, 0.6) is 0 Å². The van der Waals surface area contributed by atoms with Gasteiger partial charge in [0, 0.05) is 18.8 Å². The van der Waals surface area contributed by atoms with Crippen LogP contribution >= 0.6 is 15.9 Å². The Morgan fingerprint density at radius 2 is 2.42 bits per heavy atom. The molecule has 1 aromatic heterocycles. The number of nitrogens with zero attached hydrogens (tertiary/aromatic N) is 2. The minimum Gasteiger partial charge on any atom is -0.468 e. The quantitative estimate of drug-likeness (QED) is 0.778. The number of methoxy groups -OCH3 is 1. The second-order valence-electron chi connectivity index (χ2n) is 5.27. The van der Waals surface area contributed by atoms with Gasteiger partial charge in [-0.05, 0) is 48.5 Å². The van der Waals surface area contributed by atoms with E-state index in [1.54, 1.807) is 6.20 Å². The molecule has 0 spiro atoms. The highest BCUT2D eigenvalue weighted by Crippen LogP contribution is 2.25. The number of ether oxygens (including phenoxy) is 1. The molecule has 0 aliphatic heterocycles. The third kappa shape index (κ3) is 4.04. The lowest BCUT2D eigenvalue weighted by Crippen LogP contribution is -2.51. The molecular formula is C13H20BrN3O2. The van der Waals surface area contributed by atoms with Crippen molar-refractivity contribution in [3.8, 4) is 0 Å². The van der Waals surface area contributed by atoms with Crippen LogP contribution in [-0.2, 0) is 16.1 Å². The van der Waals surface area contributed by atoms with Crippen molar-refractivity contribution in [1.82, 2.24) is 15.1 Å². The van der Waals surface area contributed by atoms with E-state index in [-0.39, 0.29) is 5.97 Å². The summed E-state index contributed by atoms with van der Waals surface area (Å²) in [5.74, 6) is -0.180. The van der Waals surface area contributed by atoms with Gasteiger partial charge in [0.25, 0.3) is 0 Å². The Labute approximate surface area is 121 Å². The van der Waals surface area contributed by atoms with E-state index in [0.29, 0.717) is 6.04 Å². The molecule has 0 bridgehead atoms. The van der Waals surface area contributed by atoms with Crippen molar-refractivity contribution in [2.45, 2.75) is 50.7 Å². The first-order valence-corrected chi connectivity index (χ1v) is 7.37. The number of nitrogens with one attached hydrogen (secondary N) is 1. The Morgan fingerprint density at radius 1 is 1.68 bits per heavy atom. The second-order valence-corrected chi connectivity index (χ2v) is 6.18. The van der Waals surface area contributed by atoms with Gasteiger partial charge in [0.15, 0.2) is 0 Å². The summed E-state index contributed by atoms with van der Waals surface area (Å²) < 4.78 is 7.77. The van der Waals surface area contributed by atoms with E-state index in [9.17, 15) is 4.79 Å². The van der Waals surface area contributed by atoms with Crippen LogP contribution in [0.25, 0.3) is 0 Å². The van der Waals surface area contributed by atoms with Crippen LogP contribution in [0.2, 0.25) is 0 Å². The van der Waals surface area contributed by atoms with Crippen molar-refractivity contribution in [2.24, 2.45) is 0 Å². The van der Waals surface area contributed by atoms with Gasteiger partial charge in [-0.15, -0.1) is 0 Å². The summed E-state index contributed by atoms with van der Waals surface area (Å²) in [5.41, 5.74) is -0.583. The monoisotopic (exact) mass is 329 g/mol. The molecule has 1 heterocycles. The maximum Gasteiger partial charge on any atom is 0.325 e. The Morgan fingerprint density at radius 3 is 2.95 bits per heavy atom. The van der Waals surface area contributed by atoms with Crippen molar-refractivity contribution in [3.05, 3.63) is 16.9 Å². The topological polar surface area (TPSA) is 56.2 Å². The summed E-state index contributed by atoms with van der Waals surface area (Å²) in [6, 6.07) is 0.475. The van der Waals surface area contributed by atoms with Crippen molar-refractivity contribution in [3.63, 3.8) is 0 Å². The molecule has 5 nitrogen and oxygen atoms in total. The summed E-state index contributed by atoms with van der Waals surface area (Å²) in [7, 11) is 1.44. The average Bonchev–Trinajstić information content (AvgIpc) is 3.09. The smallest absolute Gasteiger partial charge is 0.325 e. The Hall–Kier alpha value is -0.880. The Balaban J connectivity index is 1.86. The predicted molar refractivity (Wildman–Crippen MR) is 75.7 cm³/mol. The van der Waals surface area contributed by atoms with E-state index in [0.717, 1.165) is 36.7 Å². The van der Waals surface area contributed by atoms with Crippen LogP contribution in [0.3, 0.4) is 0 Å². The fraction of sp³-hybridized carbons (Fsp3) is 0.692. The second kappa shape index (κ2) is 6.05. The van der Waals surface area contributed by atoms with Crippen LogP contribution in [0, 0.1) is 0 Å². The number of esters is 1. The fourth-order valence-electron chi connectivity index (χ4n) is 2.19. The molecular weight excluding hydrogens is 310 g/mol. The van der Waals surface area contributed by atoms with Crippen molar-refractivity contribution >= 4 is 21.9 Å². The highest BCUT2D eigenvalue weighted by molar-refractivity contribution is 9.10. The molecule has 106 valence electrons. The molecule has 19 heavy (non-hydrogen) atoms. The first-order valence-electron chi connectivity index (χ1n) is 6.57. The largest absolute Gasteiger partial charge is 0.468 e. The van der Waals surface area contributed by atoms with E-state index in [1.165, 1.54) is 7.11 Å². The van der Waals surface area contributed by atoms with Gasteiger partial charge in [-0.3, -0.25) is 14.8 Å². The van der Waals surface area contributed by atoms with Crippen molar-refractivity contribution in [1.29, 1.82) is 0 Å². The number of aromatic nitrogens is 2. The molecule has 6 heteroatoms. The molecule has 1 aliphatic carbocycles. The summed E-state index contributed by atoms with van der Waals surface area (Å²) in [6.45, 7) is 2.72. The lowest BCUT2D eigenvalue weighted by molar-refractivity contribution is -0.148. The third-order valence-corrected chi connectivity index (χ3v) is 3.81. The highest BCUT2D eigenvalue weighted by atomic mass is 79.9. The minimum atomic E-state index is -0.583. The van der Waals surface area contributed by atoms with Gasteiger partial charge in [-0.2, -0.15) is 5.10 Å². The molecule has 1 atom stereocenters. The standard InChI is InChI=1S/C13H20BrN3O2/c1-13(12(18)19-2,16-11-4-5-11)6-3-7-17-9-10(14)8-15-17/h8-9,11,16H,3-7H2,1-2H3. The zero-order chi connectivity index (χ0) is 13.9. The van der Waals surface area contributed by atoms with E-state index in [2.05, 4.69) is 26.3 Å². The number of rotatable bonds is 7. The lowest BCUT2D eigenvalue weighted by Gasteiger charge is -2.28. The van der Waals surface area contributed by atoms with Gasteiger partial charge >= 0.3 is 5.97 Å². The molecule has 0 amide bonds. The normalized spacial score (nSPS) is 18.1. The molecule has 0 radical (unpaired) electrons. The SMILES string of the molecule is COC(=O)C(C)(CCCn1cc(Br)cn1)NC1CC1.